The van der Waals surface area contributed by atoms with E-state index in [0.717, 1.165) is 31.9 Å². The van der Waals surface area contributed by atoms with Crippen LogP contribution in [0, 0.1) is 0 Å². The van der Waals surface area contributed by atoms with E-state index in [1.54, 1.807) is 0 Å². The SMILES string of the molecule is CCN(Cc1ccccc1N)CC1CCCO1. The van der Waals surface area contributed by atoms with Crippen molar-refractivity contribution in [2.45, 2.75) is 32.4 Å². The van der Waals surface area contributed by atoms with Crippen molar-refractivity contribution in [1.29, 1.82) is 0 Å². The van der Waals surface area contributed by atoms with Gasteiger partial charge in [-0.05, 0) is 31.0 Å². The molecule has 0 aliphatic carbocycles. The molecule has 3 nitrogen and oxygen atoms in total. The second-order valence-electron chi connectivity index (χ2n) is 4.66. The van der Waals surface area contributed by atoms with E-state index in [4.69, 9.17) is 10.5 Å². The van der Waals surface area contributed by atoms with Gasteiger partial charge in [0.2, 0.25) is 0 Å². The highest BCUT2D eigenvalue weighted by atomic mass is 16.5. The second-order valence-corrected chi connectivity index (χ2v) is 4.66. The molecule has 94 valence electrons. The molecule has 1 aromatic carbocycles. The fourth-order valence-electron chi connectivity index (χ4n) is 2.30. The lowest BCUT2D eigenvalue weighted by atomic mass is 10.1. The zero-order valence-electron chi connectivity index (χ0n) is 10.6. The Morgan fingerprint density at radius 3 is 2.88 bits per heavy atom. The number of benzene rings is 1. The molecule has 17 heavy (non-hydrogen) atoms. The largest absolute Gasteiger partial charge is 0.398 e. The van der Waals surface area contributed by atoms with E-state index >= 15 is 0 Å². The van der Waals surface area contributed by atoms with E-state index in [1.807, 2.05) is 18.2 Å². The molecule has 1 aliphatic rings. The Balaban J connectivity index is 1.92. The Kier molecular flexibility index (Phi) is 4.40. The molecule has 3 heteroatoms. The van der Waals surface area contributed by atoms with Gasteiger partial charge >= 0.3 is 0 Å². The van der Waals surface area contributed by atoms with Gasteiger partial charge < -0.3 is 10.5 Å². The smallest absolute Gasteiger partial charge is 0.0702 e. The van der Waals surface area contributed by atoms with Gasteiger partial charge in [-0.3, -0.25) is 4.90 Å². The van der Waals surface area contributed by atoms with Crippen LogP contribution in [0.4, 0.5) is 5.69 Å². The third kappa shape index (κ3) is 3.45. The van der Waals surface area contributed by atoms with Gasteiger partial charge in [0, 0.05) is 25.4 Å². The van der Waals surface area contributed by atoms with Gasteiger partial charge in [0.15, 0.2) is 0 Å². The maximum Gasteiger partial charge on any atom is 0.0702 e. The molecular weight excluding hydrogens is 212 g/mol. The van der Waals surface area contributed by atoms with Crippen LogP contribution < -0.4 is 5.73 Å². The van der Waals surface area contributed by atoms with Crippen molar-refractivity contribution >= 4 is 5.69 Å². The predicted molar refractivity (Wildman–Crippen MR) is 70.8 cm³/mol. The predicted octanol–water partition coefficient (Wildman–Crippen LogP) is 2.27. The summed E-state index contributed by atoms with van der Waals surface area (Å²) in [5, 5.41) is 0. The van der Waals surface area contributed by atoms with Crippen LogP contribution >= 0.6 is 0 Å². The van der Waals surface area contributed by atoms with Crippen LogP contribution in [0.15, 0.2) is 24.3 Å². The molecular formula is C14H22N2O. The number of nitrogens with zero attached hydrogens (tertiary/aromatic N) is 1. The molecule has 1 atom stereocenters. The van der Waals surface area contributed by atoms with Crippen LogP contribution in [0.25, 0.3) is 0 Å². The average molecular weight is 234 g/mol. The van der Waals surface area contributed by atoms with Gasteiger partial charge in [-0.1, -0.05) is 25.1 Å². The van der Waals surface area contributed by atoms with Crippen LogP contribution in [0.2, 0.25) is 0 Å². The summed E-state index contributed by atoms with van der Waals surface area (Å²) in [6.45, 7) is 6.09. The summed E-state index contributed by atoms with van der Waals surface area (Å²) in [5.41, 5.74) is 8.08. The van der Waals surface area contributed by atoms with E-state index in [-0.39, 0.29) is 0 Å². The number of hydrogen-bond donors (Lipinski definition) is 1. The Labute approximate surface area is 104 Å². The molecule has 1 saturated heterocycles. The fourth-order valence-corrected chi connectivity index (χ4v) is 2.30. The molecule has 0 amide bonds. The van der Waals surface area contributed by atoms with Crippen molar-refractivity contribution in [2.24, 2.45) is 0 Å². The molecule has 2 rings (SSSR count). The highest BCUT2D eigenvalue weighted by Gasteiger charge is 2.18. The highest BCUT2D eigenvalue weighted by Crippen LogP contribution is 2.17. The Morgan fingerprint density at radius 1 is 1.41 bits per heavy atom. The minimum absolute atomic E-state index is 0.417. The summed E-state index contributed by atoms with van der Waals surface area (Å²) in [6.07, 6.45) is 2.82. The zero-order valence-corrected chi connectivity index (χ0v) is 10.6. The van der Waals surface area contributed by atoms with Crippen molar-refractivity contribution < 1.29 is 4.74 Å². The van der Waals surface area contributed by atoms with Gasteiger partial charge in [-0.15, -0.1) is 0 Å². The van der Waals surface area contributed by atoms with Gasteiger partial charge in [0.1, 0.15) is 0 Å². The molecule has 1 unspecified atom stereocenters. The minimum Gasteiger partial charge on any atom is -0.398 e. The molecule has 1 fully saturated rings. The molecule has 0 spiro atoms. The number of likely N-dealkylation sites (N-methyl/N-ethyl adjacent to an activating group) is 1. The summed E-state index contributed by atoms with van der Waals surface area (Å²) in [7, 11) is 0. The van der Waals surface area contributed by atoms with Crippen LogP contribution in [0.1, 0.15) is 25.3 Å². The van der Waals surface area contributed by atoms with Crippen molar-refractivity contribution in [3.8, 4) is 0 Å². The lowest BCUT2D eigenvalue weighted by molar-refractivity contribution is 0.0725. The number of ether oxygens (including phenoxy) is 1. The van der Waals surface area contributed by atoms with Crippen LogP contribution in [-0.4, -0.2) is 30.7 Å². The third-order valence-corrected chi connectivity index (χ3v) is 3.38. The number of rotatable bonds is 5. The topological polar surface area (TPSA) is 38.5 Å². The Hall–Kier alpha value is -1.06. The molecule has 0 bridgehead atoms. The van der Waals surface area contributed by atoms with E-state index in [0.29, 0.717) is 6.10 Å². The van der Waals surface area contributed by atoms with Crippen LogP contribution in [0.3, 0.4) is 0 Å². The summed E-state index contributed by atoms with van der Waals surface area (Å²) < 4.78 is 5.68. The van der Waals surface area contributed by atoms with Gasteiger partial charge in [-0.2, -0.15) is 0 Å². The number of nitrogen functional groups attached to an aromatic ring is 1. The normalized spacial score (nSPS) is 20.0. The first-order valence-corrected chi connectivity index (χ1v) is 6.47. The summed E-state index contributed by atoms with van der Waals surface area (Å²) >= 11 is 0. The van der Waals surface area contributed by atoms with Crippen molar-refractivity contribution in [2.75, 3.05) is 25.4 Å². The number of nitrogens with two attached hydrogens (primary N) is 1. The summed E-state index contributed by atoms with van der Waals surface area (Å²) in [4.78, 5) is 2.40. The molecule has 1 aromatic rings. The van der Waals surface area contributed by atoms with Crippen molar-refractivity contribution in [3.05, 3.63) is 29.8 Å². The maximum atomic E-state index is 5.97. The number of para-hydroxylation sites is 1. The van der Waals surface area contributed by atoms with E-state index < -0.39 is 0 Å². The van der Waals surface area contributed by atoms with Gasteiger partial charge in [-0.25, -0.2) is 0 Å². The van der Waals surface area contributed by atoms with Crippen molar-refractivity contribution in [1.82, 2.24) is 4.90 Å². The standard InChI is InChI=1S/C14H22N2O/c1-2-16(11-13-7-5-9-17-13)10-12-6-3-4-8-14(12)15/h3-4,6,8,13H,2,5,7,9-11,15H2,1H3. The van der Waals surface area contributed by atoms with Crippen LogP contribution in [-0.2, 0) is 11.3 Å². The molecule has 1 heterocycles. The summed E-state index contributed by atoms with van der Waals surface area (Å²) in [6, 6.07) is 8.10. The zero-order chi connectivity index (χ0) is 12.1. The second kappa shape index (κ2) is 6.03. The molecule has 2 N–H and O–H groups in total. The highest BCUT2D eigenvalue weighted by molar-refractivity contribution is 5.46. The Bertz CT molecular complexity index is 348. The number of hydrogen-bond acceptors (Lipinski definition) is 3. The van der Waals surface area contributed by atoms with Crippen LogP contribution in [0.5, 0.6) is 0 Å². The first kappa shape index (κ1) is 12.4. The van der Waals surface area contributed by atoms with Crippen molar-refractivity contribution in [3.63, 3.8) is 0 Å². The van der Waals surface area contributed by atoms with E-state index in [2.05, 4.69) is 17.9 Å². The number of anilines is 1. The lowest BCUT2D eigenvalue weighted by Gasteiger charge is -2.24. The third-order valence-electron chi connectivity index (χ3n) is 3.38. The first-order chi connectivity index (χ1) is 8.29. The monoisotopic (exact) mass is 234 g/mol. The van der Waals surface area contributed by atoms with Gasteiger partial charge in [0.05, 0.1) is 6.10 Å². The maximum absolute atomic E-state index is 5.97. The molecule has 0 radical (unpaired) electrons. The molecule has 0 aromatic heterocycles. The average Bonchev–Trinajstić information content (AvgIpc) is 2.84. The van der Waals surface area contributed by atoms with Gasteiger partial charge in [0.25, 0.3) is 0 Å². The van der Waals surface area contributed by atoms with E-state index in [1.165, 1.54) is 18.4 Å². The quantitative estimate of drug-likeness (QED) is 0.794. The summed E-state index contributed by atoms with van der Waals surface area (Å²) in [5.74, 6) is 0. The van der Waals surface area contributed by atoms with E-state index in [9.17, 15) is 0 Å². The lowest BCUT2D eigenvalue weighted by Crippen LogP contribution is -2.31. The molecule has 1 aliphatic heterocycles. The Morgan fingerprint density at radius 2 is 2.24 bits per heavy atom. The fraction of sp³-hybridized carbons (Fsp3) is 0.571. The minimum atomic E-state index is 0.417. The molecule has 0 saturated carbocycles. The first-order valence-electron chi connectivity index (χ1n) is 6.47.